The minimum atomic E-state index is -0.581. The van der Waals surface area contributed by atoms with Crippen molar-refractivity contribution in [3.8, 4) is 0 Å². The van der Waals surface area contributed by atoms with E-state index in [2.05, 4.69) is 5.32 Å². The Morgan fingerprint density at radius 3 is 2.00 bits per heavy atom. The van der Waals surface area contributed by atoms with Crippen molar-refractivity contribution in [2.45, 2.75) is 0 Å². The third-order valence-electron chi connectivity index (χ3n) is 3.25. The number of non-ortho nitro benzene ring substituents is 2. The lowest BCUT2D eigenvalue weighted by Gasteiger charge is -2.17. The molecule has 0 saturated carbocycles. The zero-order valence-corrected chi connectivity index (χ0v) is 12.9. The van der Waals surface area contributed by atoms with Crippen molar-refractivity contribution in [2.24, 2.45) is 0 Å². The maximum absolute atomic E-state index is 12.4. The third kappa shape index (κ3) is 3.64. The average Bonchev–Trinajstić information content (AvgIpc) is 2.54. The predicted octanol–water partition coefficient (Wildman–Crippen LogP) is 2.82. The highest BCUT2D eigenvalue weighted by molar-refractivity contribution is 6.08. The molecule has 0 spiro atoms. The van der Waals surface area contributed by atoms with Crippen molar-refractivity contribution in [2.75, 3.05) is 24.3 Å². The van der Waals surface area contributed by atoms with E-state index >= 15 is 0 Å². The molecular weight excluding hydrogens is 316 g/mol. The first kappa shape index (κ1) is 16.9. The molecule has 0 saturated heterocycles. The zero-order chi connectivity index (χ0) is 17.9. The lowest BCUT2D eigenvalue weighted by Crippen LogP contribution is -2.18. The summed E-state index contributed by atoms with van der Waals surface area (Å²) >= 11 is 0. The average molecular weight is 330 g/mol. The lowest BCUT2D eigenvalue weighted by atomic mass is 10.1. The summed E-state index contributed by atoms with van der Waals surface area (Å²) in [6, 6.07) is 9.30. The van der Waals surface area contributed by atoms with Crippen LogP contribution in [0.1, 0.15) is 10.4 Å². The van der Waals surface area contributed by atoms with E-state index in [9.17, 15) is 25.0 Å². The summed E-state index contributed by atoms with van der Waals surface area (Å²) in [5.41, 5.74) is 0.696. The van der Waals surface area contributed by atoms with Gasteiger partial charge < -0.3 is 10.2 Å². The maximum atomic E-state index is 12.4. The summed E-state index contributed by atoms with van der Waals surface area (Å²) in [5.74, 6) is -0.545. The summed E-state index contributed by atoms with van der Waals surface area (Å²) in [6.45, 7) is 0. The number of anilines is 2. The quantitative estimate of drug-likeness (QED) is 0.665. The Labute approximate surface area is 136 Å². The van der Waals surface area contributed by atoms with E-state index in [-0.39, 0.29) is 16.9 Å². The van der Waals surface area contributed by atoms with Gasteiger partial charge in [0.05, 0.1) is 15.4 Å². The van der Waals surface area contributed by atoms with E-state index in [1.54, 1.807) is 19.0 Å². The highest BCUT2D eigenvalue weighted by Gasteiger charge is 2.18. The van der Waals surface area contributed by atoms with E-state index in [0.29, 0.717) is 11.4 Å². The Morgan fingerprint density at radius 2 is 1.50 bits per heavy atom. The van der Waals surface area contributed by atoms with Gasteiger partial charge in [-0.25, -0.2) is 0 Å². The van der Waals surface area contributed by atoms with Crippen molar-refractivity contribution in [3.63, 3.8) is 0 Å². The first-order chi connectivity index (χ1) is 11.3. The van der Waals surface area contributed by atoms with Crippen LogP contribution in [0.4, 0.5) is 22.7 Å². The van der Waals surface area contributed by atoms with E-state index in [1.165, 1.54) is 42.5 Å². The van der Waals surface area contributed by atoms with Crippen LogP contribution in [0.5, 0.6) is 0 Å². The second-order valence-electron chi connectivity index (χ2n) is 5.11. The van der Waals surface area contributed by atoms with Gasteiger partial charge in [-0.2, -0.15) is 0 Å². The molecule has 2 aromatic carbocycles. The molecule has 9 heteroatoms. The van der Waals surface area contributed by atoms with Gasteiger partial charge in [0.25, 0.3) is 17.3 Å². The van der Waals surface area contributed by atoms with Crippen LogP contribution in [0.3, 0.4) is 0 Å². The van der Waals surface area contributed by atoms with Crippen LogP contribution in [0.25, 0.3) is 0 Å². The normalized spacial score (nSPS) is 10.1. The Kier molecular flexibility index (Phi) is 4.73. The summed E-state index contributed by atoms with van der Waals surface area (Å²) in [4.78, 5) is 34.5. The fourth-order valence-corrected chi connectivity index (χ4v) is 2.07. The van der Waals surface area contributed by atoms with Gasteiger partial charge in [-0.05, 0) is 18.2 Å². The molecule has 1 N–H and O–H groups in total. The molecular formula is C15H14N4O5. The Hall–Kier alpha value is -3.49. The molecule has 2 aromatic rings. The number of carbonyl (C=O) groups excluding carboxylic acids is 1. The van der Waals surface area contributed by atoms with Gasteiger partial charge in [0, 0.05) is 49.7 Å². The van der Waals surface area contributed by atoms with Gasteiger partial charge in [0.15, 0.2) is 0 Å². The van der Waals surface area contributed by atoms with Crippen LogP contribution in [0, 0.1) is 20.2 Å². The highest BCUT2D eigenvalue weighted by Crippen LogP contribution is 2.25. The first-order valence-corrected chi connectivity index (χ1v) is 6.81. The summed E-state index contributed by atoms with van der Waals surface area (Å²) in [7, 11) is 3.42. The molecule has 24 heavy (non-hydrogen) atoms. The second kappa shape index (κ2) is 6.73. The molecule has 124 valence electrons. The molecule has 0 aliphatic rings. The second-order valence-corrected chi connectivity index (χ2v) is 5.11. The van der Waals surface area contributed by atoms with Crippen LogP contribution in [0.15, 0.2) is 42.5 Å². The SMILES string of the molecule is CN(C)c1ccc([N+](=O)[O-])cc1C(=O)Nc1ccc([N+](=O)[O-])cc1. The maximum Gasteiger partial charge on any atom is 0.270 e. The molecule has 9 nitrogen and oxygen atoms in total. The van der Waals surface area contributed by atoms with Crippen LogP contribution in [-0.4, -0.2) is 29.8 Å². The number of nitro benzene ring substituents is 2. The molecule has 0 atom stereocenters. The Balaban J connectivity index is 2.32. The molecule has 2 rings (SSSR count). The number of amides is 1. The van der Waals surface area contributed by atoms with Crippen LogP contribution in [0.2, 0.25) is 0 Å². The number of nitro groups is 2. The first-order valence-electron chi connectivity index (χ1n) is 6.81. The Morgan fingerprint density at radius 1 is 0.958 bits per heavy atom. The minimum Gasteiger partial charge on any atom is -0.377 e. The lowest BCUT2D eigenvalue weighted by molar-refractivity contribution is -0.385. The number of hydrogen-bond acceptors (Lipinski definition) is 6. The van der Waals surface area contributed by atoms with Gasteiger partial charge in [-0.15, -0.1) is 0 Å². The van der Waals surface area contributed by atoms with E-state index in [4.69, 9.17) is 0 Å². The number of benzene rings is 2. The molecule has 0 heterocycles. The number of rotatable bonds is 5. The Bertz CT molecular complexity index is 802. The molecule has 0 bridgehead atoms. The fraction of sp³-hybridized carbons (Fsp3) is 0.133. The summed E-state index contributed by atoms with van der Waals surface area (Å²) < 4.78 is 0. The van der Waals surface area contributed by atoms with Crippen LogP contribution in [-0.2, 0) is 0 Å². The van der Waals surface area contributed by atoms with Crippen molar-refractivity contribution in [1.29, 1.82) is 0 Å². The van der Waals surface area contributed by atoms with Gasteiger partial charge in [-0.3, -0.25) is 25.0 Å². The van der Waals surface area contributed by atoms with Crippen molar-refractivity contribution in [1.82, 2.24) is 0 Å². The summed E-state index contributed by atoms with van der Waals surface area (Å²) in [5, 5.41) is 24.1. The molecule has 0 aliphatic carbocycles. The largest absolute Gasteiger partial charge is 0.377 e. The number of hydrogen-bond donors (Lipinski definition) is 1. The van der Waals surface area contributed by atoms with Crippen LogP contribution < -0.4 is 10.2 Å². The van der Waals surface area contributed by atoms with Crippen LogP contribution >= 0.6 is 0 Å². The van der Waals surface area contributed by atoms with E-state index in [1.807, 2.05) is 0 Å². The smallest absolute Gasteiger partial charge is 0.270 e. The molecule has 0 aromatic heterocycles. The number of carbonyl (C=O) groups is 1. The highest BCUT2D eigenvalue weighted by atomic mass is 16.6. The number of nitrogens with one attached hydrogen (secondary N) is 1. The predicted molar refractivity (Wildman–Crippen MR) is 88.5 cm³/mol. The minimum absolute atomic E-state index is 0.0997. The molecule has 0 radical (unpaired) electrons. The molecule has 0 unspecified atom stereocenters. The standard InChI is InChI=1S/C15H14N4O5/c1-17(2)14-8-7-12(19(23)24)9-13(14)15(20)16-10-3-5-11(6-4-10)18(21)22/h3-9H,1-2H3,(H,16,20). The van der Waals surface area contributed by atoms with Gasteiger partial charge >= 0.3 is 0 Å². The zero-order valence-electron chi connectivity index (χ0n) is 12.9. The number of nitrogens with zero attached hydrogens (tertiary/aromatic N) is 3. The molecule has 0 fully saturated rings. The van der Waals surface area contributed by atoms with Gasteiger partial charge in [-0.1, -0.05) is 0 Å². The van der Waals surface area contributed by atoms with Crippen molar-refractivity contribution < 1.29 is 14.6 Å². The van der Waals surface area contributed by atoms with Gasteiger partial charge in [0.1, 0.15) is 0 Å². The van der Waals surface area contributed by atoms with Crippen molar-refractivity contribution >= 4 is 28.7 Å². The summed E-state index contributed by atoms with van der Waals surface area (Å²) in [6.07, 6.45) is 0. The van der Waals surface area contributed by atoms with E-state index < -0.39 is 15.8 Å². The van der Waals surface area contributed by atoms with E-state index in [0.717, 1.165) is 0 Å². The topological polar surface area (TPSA) is 119 Å². The third-order valence-corrected chi connectivity index (χ3v) is 3.25. The van der Waals surface area contributed by atoms with Gasteiger partial charge in [0.2, 0.25) is 0 Å². The monoisotopic (exact) mass is 330 g/mol. The molecule has 0 aliphatic heterocycles. The van der Waals surface area contributed by atoms with Crippen molar-refractivity contribution in [3.05, 3.63) is 68.3 Å². The molecule has 1 amide bonds. The fourth-order valence-electron chi connectivity index (χ4n) is 2.07.